The topological polar surface area (TPSA) is 59.6 Å². The molecule has 0 aliphatic heterocycles. The summed E-state index contributed by atoms with van der Waals surface area (Å²) in [5.74, 6) is 1.29. The fourth-order valence-electron chi connectivity index (χ4n) is 2.73. The van der Waals surface area contributed by atoms with Crippen LogP contribution in [0.15, 0.2) is 78.9 Å². The monoisotopic (exact) mass is 390 g/mol. The first-order valence-electron chi connectivity index (χ1n) is 9.66. The van der Waals surface area contributed by atoms with Gasteiger partial charge in [0.1, 0.15) is 18.1 Å². The molecule has 0 spiro atoms. The fraction of sp³-hybridized carbons (Fsp3) is 0.208. The quantitative estimate of drug-likeness (QED) is 0.533. The van der Waals surface area contributed by atoms with Gasteiger partial charge in [-0.25, -0.2) is 0 Å². The average Bonchev–Trinajstić information content (AvgIpc) is 2.73. The standard InChI is InChI=1S/C24H26N2O3/c1-18(2)29-21-14-12-20(13-15-21)25-16-24(27)26-22-10-6-7-11-23(22)28-17-19-8-4-3-5-9-19/h3-15,18,25H,16-17H2,1-2H3,(H,26,27). The summed E-state index contributed by atoms with van der Waals surface area (Å²) in [6.45, 7) is 4.56. The lowest BCUT2D eigenvalue weighted by Gasteiger charge is -2.13. The summed E-state index contributed by atoms with van der Waals surface area (Å²) in [6, 6.07) is 24.9. The van der Waals surface area contributed by atoms with E-state index in [1.165, 1.54) is 0 Å². The fourth-order valence-corrected chi connectivity index (χ4v) is 2.73. The molecule has 0 aliphatic rings. The molecule has 3 aromatic rings. The van der Waals surface area contributed by atoms with E-state index in [4.69, 9.17) is 9.47 Å². The molecule has 5 heteroatoms. The number of carbonyl (C=O) groups excluding carboxylic acids is 1. The third kappa shape index (κ3) is 6.57. The van der Waals surface area contributed by atoms with Crippen LogP contribution >= 0.6 is 0 Å². The van der Waals surface area contributed by atoms with Crippen molar-refractivity contribution >= 4 is 17.3 Å². The molecular formula is C24H26N2O3. The molecule has 0 heterocycles. The van der Waals surface area contributed by atoms with Crippen LogP contribution in [0.3, 0.4) is 0 Å². The van der Waals surface area contributed by atoms with Gasteiger partial charge in [0, 0.05) is 5.69 Å². The van der Waals surface area contributed by atoms with Gasteiger partial charge in [0.05, 0.1) is 18.3 Å². The van der Waals surface area contributed by atoms with Crippen LogP contribution in [-0.4, -0.2) is 18.6 Å². The maximum absolute atomic E-state index is 12.4. The lowest BCUT2D eigenvalue weighted by molar-refractivity contribution is -0.114. The number of hydrogen-bond acceptors (Lipinski definition) is 4. The average molecular weight is 390 g/mol. The van der Waals surface area contributed by atoms with Crippen LogP contribution in [0.25, 0.3) is 0 Å². The van der Waals surface area contributed by atoms with Crippen molar-refractivity contribution < 1.29 is 14.3 Å². The van der Waals surface area contributed by atoms with E-state index in [2.05, 4.69) is 10.6 Å². The van der Waals surface area contributed by atoms with Gasteiger partial charge in [-0.2, -0.15) is 0 Å². The molecule has 0 unspecified atom stereocenters. The molecule has 3 rings (SSSR count). The Morgan fingerprint density at radius 3 is 2.31 bits per heavy atom. The molecule has 0 aromatic heterocycles. The van der Waals surface area contributed by atoms with Crippen molar-refractivity contribution in [1.82, 2.24) is 0 Å². The number of benzene rings is 3. The Morgan fingerprint density at radius 1 is 0.897 bits per heavy atom. The van der Waals surface area contributed by atoms with E-state index >= 15 is 0 Å². The molecule has 2 N–H and O–H groups in total. The number of para-hydroxylation sites is 2. The van der Waals surface area contributed by atoms with Gasteiger partial charge in [-0.15, -0.1) is 0 Å². The zero-order valence-corrected chi connectivity index (χ0v) is 16.7. The third-order valence-electron chi connectivity index (χ3n) is 4.08. The minimum atomic E-state index is -0.150. The SMILES string of the molecule is CC(C)Oc1ccc(NCC(=O)Nc2ccccc2OCc2ccccc2)cc1. The Kier molecular flexibility index (Phi) is 7.11. The minimum Gasteiger partial charge on any atom is -0.491 e. The zero-order valence-electron chi connectivity index (χ0n) is 16.7. The predicted octanol–water partition coefficient (Wildman–Crippen LogP) is 5.10. The molecule has 0 fully saturated rings. The number of carbonyl (C=O) groups is 1. The van der Waals surface area contributed by atoms with Gasteiger partial charge < -0.3 is 20.1 Å². The van der Waals surface area contributed by atoms with Crippen LogP contribution in [0.5, 0.6) is 11.5 Å². The maximum atomic E-state index is 12.4. The highest BCUT2D eigenvalue weighted by Gasteiger charge is 2.08. The predicted molar refractivity (Wildman–Crippen MR) is 117 cm³/mol. The van der Waals surface area contributed by atoms with E-state index in [9.17, 15) is 4.79 Å². The van der Waals surface area contributed by atoms with E-state index in [-0.39, 0.29) is 18.6 Å². The lowest BCUT2D eigenvalue weighted by atomic mass is 10.2. The molecular weight excluding hydrogens is 364 g/mol. The van der Waals surface area contributed by atoms with Crippen molar-refractivity contribution in [2.45, 2.75) is 26.6 Å². The Labute approximate surface area is 171 Å². The summed E-state index contributed by atoms with van der Waals surface area (Å²) in [7, 11) is 0. The van der Waals surface area contributed by atoms with Crippen LogP contribution in [0.1, 0.15) is 19.4 Å². The number of nitrogens with one attached hydrogen (secondary N) is 2. The summed E-state index contributed by atoms with van der Waals surface area (Å²) in [6.07, 6.45) is 0.128. The normalized spacial score (nSPS) is 10.4. The molecule has 0 atom stereocenters. The highest BCUT2D eigenvalue weighted by Crippen LogP contribution is 2.25. The zero-order chi connectivity index (χ0) is 20.5. The Hall–Kier alpha value is -3.47. The van der Waals surface area contributed by atoms with Crippen molar-refractivity contribution in [2.75, 3.05) is 17.2 Å². The summed E-state index contributed by atoms with van der Waals surface area (Å²) >= 11 is 0. The van der Waals surface area contributed by atoms with Gasteiger partial charge >= 0.3 is 0 Å². The Morgan fingerprint density at radius 2 is 1.59 bits per heavy atom. The summed E-state index contributed by atoms with van der Waals surface area (Å²) in [5, 5.41) is 6.02. The van der Waals surface area contributed by atoms with Gasteiger partial charge in [-0.3, -0.25) is 4.79 Å². The van der Waals surface area contributed by atoms with Crippen molar-refractivity contribution in [3.63, 3.8) is 0 Å². The summed E-state index contributed by atoms with van der Waals surface area (Å²) in [5.41, 5.74) is 2.57. The molecule has 1 amide bonds. The first kappa shape index (κ1) is 20.3. The van der Waals surface area contributed by atoms with Gasteiger partial charge in [-0.1, -0.05) is 42.5 Å². The molecule has 0 saturated carbocycles. The first-order valence-corrected chi connectivity index (χ1v) is 9.66. The lowest BCUT2D eigenvalue weighted by Crippen LogP contribution is -2.22. The summed E-state index contributed by atoms with van der Waals surface area (Å²) in [4.78, 5) is 12.4. The number of hydrogen-bond donors (Lipinski definition) is 2. The van der Waals surface area contributed by atoms with Crippen molar-refractivity contribution in [3.05, 3.63) is 84.4 Å². The van der Waals surface area contributed by atoms with E-state index < -0.39 is 0 Å². The Bertz CT molecular complexity index is 909. The van der Waals surface area contributed by atoms with Crippen LogP contribution in [-0.2, 0) is 11.4 Å². The van der Waals surface area contributed by atoms with Crippen LogP contribution in [0.2, 0.25) is 0 Å². The molecule has 5 nitrogen and oxygen atoms in total. The first-order chi connectivity index (χ1) is 14.1. The van der Waals surface area contributed by atoms with Gasteiger partial charge in [0.2, 0.25) is 5.91 Å². The Balaban J connectivity index is 1.52. The minimum absolute atomic E-state index is 0.128. The number of anilines is 2. The number of ether oxygens (including phenoxy) is 2. The number of rotatable bonds is 9. The molecule has 0 bridgehead atoms. The van der Waals surface area contributed by atoms with E-state index in [0.29, 0.717) is 18.0 Å². The maximum Gasteiger partial charge on any atom is 0.243 e. The van der Waals surface area contributed by atoms with E-state index in [1.807, 2.05) is 92.7 Å². The molecule has 0 aliphatic carbocycles. The van der Waals surface area contributed by atoms with E-state index in [0.717, 1.165) is 17.0 Å². The second kappa shape index (κ2) is 10.2. The molecule has 29 heavy (non-hydrogen) atoms. The highest BCUT2D eigenvalue weighted by molar-refractivity contribution is 5.95. The highest BCUT2D eigenvalue weighted by atomic mass is 16.5. The molecule has 150 valence electrons. The van der Waals surface area contributed by atoms with Crippen molar-refractivity contribution in [1.29, 1.82) is 0 Å². The van der Waals surface area contributed by atoms with Crippen LogP contribution in [0, 0.1) is 0 Å². The smallest absolute Gasteiger partial charge is 0.243 e. The number of amides is 1. The molecule has 3 aromatic carbocycles. The molecule has 0 radical (unpaired) electrons. The van der Waals surface area contributed by atoms with E-state index in [1.54, 1.807) is 0 Å². The molecule has 0 saturated heterocycles. The van der Waals surface area contributed by atoms with Gasteiger partial charge in [0.25, 0.3) is 0 Å². The largest absolute Gasteiger partial charge is 0.491 e. The summed E-state index contributed by atoms with van der Waals surface area (Å²) < 4.78 is 11.5. The van der Waals surface area contributed by atoms with Crippen molar-refractivity contribution in [3.8, 4) is 11.5 Å². The van der Waals surface area contributed by atoms with Gasteiger partial charge in [-0.05, 0) is 55.8 Å². The second-order valence-electron chi connectivity index (χ2n) is 6.86. The van der Waals surface area contributed by atoms with Crippen LogP contribution in [0.4, 0.5) is 11.4 Å². The second-order valence-corrected chi connectivity index (χ2v) is 6.86. The van der Waals surface area contributed by atoms with Crippen molar-refractivity contribution in [2.24, 2.45) is 0 Å². The van der Waals surface area contributed by atoms with Crippen LogP contribution < -0.4 is 20.1 Å². The van der Waals surface area contributed by atoms with Gasteiger partial charge in [0.15, 0.2) is 0 Å². The third-order valence-corrected chi connectivity index (χ3v) is 4.08.